The summed E-state index contributed by atoms with van der Waals surface area (Å²) in [5, 5.41) is 0. The number of carbonyl (C=O) groups excluding carboxylic acids is 2. The first-order valence-electron chi connectivity index (χ1n) is 7.27. The quantitative estimate of drug-likeness (QED) is 0.839. The topological polar surface area (TPSA) is 87.8 Å². The second kappa shape index (κ2) is 7.15. The van der Waals surface area contributed by atoms with Gasteiger partial charge in [-0.15, -0.1) is 0 Å². The van der Waals surface area contributed by atoms with Crippen molar-refractivity contribution in [2.24, 2.45) is 11.7 Å². The molecular weight excluding hydrogens is 286 g/mol. The molecule has 1 saturated carbocycles. The van der Waals surface area contributed by atoms with Gasteiger partial charge in [0.2, 0.25) is 5.91 Å². The molecule has 0 aliphatic heterocycles. The van der Waals surface area contributed by atoms with E-state index >= 15 is 0 Å². The fourth-order valence-electron chi connectivity index (χ4n) is 2.61. The predicted octanol–water partition coefficient (Wildman–Crippen LogP) is 1.90. The van der Waals surface area contributed by atoms with E-state index in [0.29, 0.717) is 42.7 Å². The number of esters is 1. The smallest absolute Gasteiger partial charge is 0.338 e. The second-order valence-electron chi connectivity index (χ2n) is 5.38. The van der Waals surface area contributed by atoms with Crippen LogP contribution in [0.25, 0.3) is 0 Å². The maximum Gasteiger partial charge on any atom is 0.338 e. The summed E-state index contributed by atoms with van der Waals surface area (Å²) >= 11 is 0. The summed E-state index contributed by atoms with van der Waals surface area (Å²) in [4.78, 5) is 23.4. The van der Waals surface area contributed by atoms with Crippen molar-refractivity contribution in [1.82, 2.24) is 0 Å². The lowest BCUT2D eigenvalue weighted by Gasteiger charge is -2.26. The minimum absolute atomic E-state index is 0.105. The highest BCUT2D eigenvalue weighted by Crippen LogP contribution is 2.28. The Balaban J connectivity index is 1.99. The molecule has 1 aliphatic carbocycles. The molecule has 1 amide bonds. The minimum atomic E-state index is -0.417. The molecule has 0 saturated heterocycles. The molecule has 0 atom stereocenters. The number of hydrogen-bond donors (Lipinski definition) is 1. The average Bonchev–Trinajstić information content (AvgIpc) is 2.54. The van der Waals surface area contributed by atoms with Crippen LogP contribution in [-0.4, -0.2) is 32.2 Å². The van der Waals surface area contributed by atoms with Crippen molar-refractivity contribution in [3.8, 4) is 11.5 Å². The van der Waals surface area contributed by atoms with Gasteiger partial charge >= 0.3 is 5.97 Å². The highest BCUT2D eigenvalue weighted by Gasteiger charge is 2.27. The van der Waals surface area contributed by atoms with E-state index in [0.717, 1.165) is 0 Å². The monoisotopic (exact) mass is 307 g/mol. The number of primary amides is 1. The predicted molar refractivity (Wildman–Crippen MR) is 79.9 cm³/mol. The molecule has 0 unspecified atom stereocenters. The lowest BCUT2D eigenvalue weighted by Crippen LogP contribution is -2.31. The summed E-state index contributed by atoms with van der Waals surface area (Å²) < 4.78 is 15.8. The summed E-state index contributed by atoms with van der Waals surface area (Å²) in [5.74, 6) is 0.265. The Bertz CT molecular complexity index is 527. The first-order chi connectivity index (χ1) is 10.5. The summed E-state index contributed by atoms with van der Waals surface area (Å²) in [7, 11) is 3.05. The van der Waals surface area contributed by atoms with Crippen LogP contribution in [0.2, 0.25) is 0 Å². The van der Waals surface area contributed by atoms with Gasteiger partial charge in [-0.3, -0.25) is 4.79 Å². The van der Waals surface area contributed by atoms with Crippen LogP contribution in [0.4, 0.5) is 0 Å². The van der Waals surface area contributed by atoms with Crippen molar-refractivity contribution >= 4 is 11.9 Å². The van der Waals surface area contributed by atoms with Gasteiger partial charge in [0.15, 0.2) is 0 Å². The summed E-state index contributed by atoms with van der Waals surface area (Å²) in [6, 6.07) is 4.91. The molecule has 2 rings (SSSR count). The molecule has 120 valence electrons. The average molecular weight is 307 g/mol. The van der Waals surface area contributed by atoms with Crippen molar-refractivity contribution in [2.75, 3.05) is 14.2 Å². The van der Waals surface area contributed by atoms with Gasteiger partial charge in [0.1, 0.15) is 17.6 Å². The highest BCUT2D eigenvalue weighted by atomic mass is 16.5. The van der Waals surface area contributed by atoms with Crippen LogP contribution in [0.3, 0.4) is 0 Å². The van der Waals surface area contributed by atoms with E-state index in [4.69, 9.17) is 19.9 Å². The fourth-order valence-corrected chi connectivity index (χ4v) is 2.61. The van der Waals surface area contributed by atoms with Crippen LogP contribution in [0.1, 0.15) is 36.0 Å². The Morgan fingerprint density at radius 2 is 1.55 bits per heavy atom. The van der Waals surface area contributed by atoms with E-state index < -0.39 is 5.97 Å². The third-order valence-corrected chi connectivity index (χ3v) is 3.94. The Hall–Kier alpha value is -2.24. The third-order valence-electron chi connectivity index (χ3n) is 3.94. The zero-order chi connectivity index (χ0) is 16.1. The molecule has 2 N–H and O–H groups in total. The normalized spacial score (nSPS) is 21.0. The summed E-state index contributed by atoms with van der Waals surface area (Å²) in [6.45, 7) is 0. The van der Waals surface area contributed by atoms with Crippen LogP contribution < -0.4 is 15.2 Å². The lowest BCUT2D eigenvalue weighted by molar-refractivity contribution is -0.123. The van der Waals surface area contributed by atoms with Crippen LogP contribution in [-0.2, 0) is 9.53 Å². The molecular formula is C16H21NO5. The van der Waals surface area contributed by atoms with Crippen molar-refractivity contribution < 1.29 is 23.8 Å². The van der Waals surface area contributed by atoms with Gasteiger partial charge in [-0.2, -0.15) is 0 Å². The number of amides is 1. The highest BCUT2D eigenvalue weighted by molar-refractivity contribution is 5.90. The van der Waals surface area contributed by atoms with E-state index in [2.05, 4.69) is 0 Å². The number of nitrogens with two attached hydrogens (primary N) is 1. The van der Waals surface area contributed by atoms with Gasteiger partial charge in [-0.1, -0.05) is 0 Å². The van der Waals surface area contributed by atoms with Crippen molar-refractivity contribution in [2.45, 2.75) is 31.8 Å². The number of benzene rings is 1. The molecule has 0 heterocycles. The van der Waals surface area contributed by atoms with Gasteiger partial charge in [0.05, 0.1) is 19.8 Å². The van der Waals surface area contributed by atoms with Gasteiger partial charge in [-0.25, -0.2) is 4.79 Å². The van der Waals surface area contributed by atoms with Crippen LogP contribution in [0.5, 0.6) is 11.5 Å². The summed E-state index contributed by atoms with van der Waals surface area (Å²) in [5.41, 5.74) is 5.68. The molecule has 0 bridgehead atoms. The lowest BCUT2D eigenvalue weighted by atomic mass is 9.87. The zero-order valence-electron chi connectivity index (χ0n) is 12.8. The first kappa shape index (κ1) is 16.1. The number of carbonyl (C=O) groups is 2. The Kier molecular flexibility index (Phi) is 5.25. The van der Waals surface area contributed by atoms with E-state index in [9.17, 15) is 9.59 Å². The van der Waals surface area contributed by atoms with E-state index in [-0.39, 0.29) is 17.9 Å². The van der Waals surface area contributed by atoms with Gasteiger partial charge in [0, 0.05) is 12.0 Å². The molecule has 0 radical (unpaired) electrons. The van der Waals surface area contributed by atoms with Crippen LogP contribution in [0.15, 0.2) is 18.2 Å². The standard InChI is InChI=1S/C16H21NO5/c1-20-13-7-11(8-14(9-13)21-2)16(19)22-12-5-3-10(4-6-12)15(17)18/h7-10,12H,3-6H2,1-2H3,(H2,17,18). The molecule has 1 aliphatic rings. The molecule has 0 aromatic heterocycles. The van der Waals surface area contributed by atoms with Crippen LogP contribution in [0, 0.1) is 5.92 Å². The molecule has 6 nitrogen and oxygen atoms in total. The Morgan fingerprint density at radius 1 is 1.00 bits per heavy atom. The number of ether oxygens (including phenoxy) is 3. The molecule has 1 aromatic rings. The number of hydrogen-bond acceptors (Lipinski definition) is 5. The molecule has 1 aromatic carbocycles. The Labute approximate surface area is 129 Å². The van der Waals surface area contributed by atoms with E-state index in [1.165, 1.54) is 14.2 Å². The molecule has 6 heteroatoms. The Morgan fingerprint density at radius 3 is 2.00 bits per heavy atom. The first-order valence-corrected chi connectivity index (χ1v) is 7.27. The fraction of sp³-hybridized carbons (Fsp3) is 0.500. The van der Waals surface area contributed by atoms with Crippen molar-refractivity contribution in [1.29, 1.82) is 0 Å². The van der Waals surface area contributed by atoms with Crippen molar-refractivity contribution in [3.63, 3.8) is 0 Å². The maximum atomic E-state index is 12.2. The third kappa shape index (κ3) is 3.90. The SMILES string of the molecule is COc1cc(OC)cc(C(=O)OC2CCC(C(N)=O)CC2)c1. The van der Waals surface area contributed by atoms with Crippen LogP contribution >= 0.6 is 0 Å². The minimum Gasteiger partial charge on any atom is -0.497 e. The molecule has 0 spiro atoms. The van der Waals surface area contributed by atoms with Gasteiger partial charge in [-0.05, 0) is 37.8 Å². The van der Waals surface area contributed by atoms with Gasteiger partial charge < -0.3 is 19.9 Å². The molecule has 1 fully saturated rings. The van der Waals surface area contributed by atoms with E-state index in [1.807, 2.05) is 0 Å². The van der Waals surface area contributed by atoms with Crippen molar-refractivity contribution in [3.05, 3.63) is 23.8 Å². The number of rotatable bonds is 5. The maximum absolute atomic E-state index is 12.2. The largest absolute Gasteiger partial charge is 0.497 e. The molecule has 22 heavy (non-hydrogen) atoms. The number of methoxy groups -OCH3 is 2. The second-order valence-corrected chi connectivity index (χ2v) is 5.38. The van der Waals surface area contributed by atoms with E-state index in [1.54, 1.807) is 18.2 Å². The zero-order valence-corrected chi connectivity index (χ0v) is 12.8. The summed E-state index contributed by atoms with van der Waals surface area (Å²) in [6.07, 6.45) is 2.45. The van der Waals surface area contributed by atoms with Gasteiger partial charge in [0.25, 0.3) is 0 Å².